The largest absolute Gasteiger partial charge is 0.397 e. The highest BCUT2D eigenvalue weighted by Gasteiger charge is 2.22. The second-order valence-corrected chi connectivity index (χ2v) is 7.60. The molecular weight excluding hydrogens is 468 g/mol. The molecule has 0 bridgehead atoms. The van der Waals surface area contributed by atoms with Crippen LogP contribution in [0, 0.1) is 11.6 Å². The van der Waals surface area contributed by atoms with Crippen LogP contribution in [-0.4, -0.2) is 38.0 Å². The molecule has 0 saturated heterocycles. The molecule has 1 unspecified atom stereocenters. The van der Waals surface area contributed by atoms with Crippen molar-refractivity contribution >= 4 is 28.9 Å². The molecule has 12 heteroatoms. The van der Waals surface area contributed by atoms with Crippen LogP contribution in [0.2, 0.25) is 5.02 Å². The van der Waals surface area contributed by atoms with Gasteiger partial charge in [-0.1, -0.05) is 11.6 Å². The van der Waals surface area contributed by atoms with Crippen molar-refractivity contribution < 1.29 is 18.3 Å². The summed E-state index contributed by atoms with van der Waals surface area (Å²) < 4.78 is 33.9. The summed E-state index contributed by atoms with van der Waals surface area (Å²) in [5.41, 5.74) is 6.80. The van der Waals surface area contributed by atoms with Crippen molar-refractivity contribution in [1.82, 2.24) is 25.0 Å². The number of nitrogens with two attached hydrogens (primary N) is 1. The second-order valence-electron chi connectivity index (χ2n) is 7.19. The number of aromatic nitrogens is 5. The molecule has 4 aromatic rings. The minimum absolute atomic E-state index is 0.0219. The number of nitrogens with zero attached hydrogens (tertiary/aromatic N) is 5. The molecule has 0 aliphatic heterocycles. The number of amides is 1. The molecule has 0 spiro atoms. The average molecular weight is 486 g/mol. The van der Waals surface area contributed by atoms with Crippen molar-refractivity contribution in [3.05, 3.63) is 76.8 Å². The van der Waals surface area contributed by atoms with Crippen molar-refractivity contribution in [2.45, 2.75) is 13.0 Å². The van der Waals surface area contributed by atoms with Gasteiger partial charge in [0.15, 0.2) is 5.82 Å². The van der Waals surface area contributed by atoms with Crippen LogP contribution >= 0.6 is 11.6 Å². The summed E-state index contributed by atoms with van der Waals surface area (Å²) in [4.78, 5) is 22.3. The van der Waals surface area contributed by atoms with Crippen LogP contribution in [0.4, 0.5) is 20.2 Å². The Morgan fingerprint density at radius 1 is 1.15 bits per heavy atom. The second kappa shape index (κ2) is 9.49. The normalized spacial score (nSPS) is 11.9. The Hall–Kier alpha value is -3.96. The zero-order valence-electron chi connectivity index (χ0n) is 18.0. The predicted octanol–water partition coefficient (Wildman–Crippen LogP) is 4.20. The summed E-state index contributed by atoms with van der Waals surface area (Å²) in [6, 6.07) is 4.99. The summed E-state index contributed by atoms with van der Waals surface area (Å²) in [7, 11) is 1.46. The van der Waals surface area contributed by atoms with Gasteiger partial charge in [0.2, 0.25) is 0 Å². The molecule has 0 saturated carbocycles. The fraction of sp³-hybridized carbons (Fsp3) is 0.136. The number of hydrogen-bond acceptors (Lipinski definition) is 7. The van der Waals surface area contributed by atoms with E-state index in [9.17, 15) is 9.18 Å². The molecule has 9 nitrogen and oxygen atoms in total. The van der Waals surface area contributed by atoms with E-state index in [0.717, 1.165) is 18.3 Å². The first-order valence-electron chi connectivity index (χ1n) is 9.89. The van der Waals surface area contributed by atoms with E-state index < -0.39 is 23.6 Å². The number of hydrogen-bond donors (Lipinski definition) is 2. The van der Waals surface area contributed by atoms with Gasteiger partial charge in [0, 0.05) is 18.7 Å². The number of methoxy groups -OCH3 is 1. The first-order valence-corrected chi connectivity index (χ1v) is 10.3. The van der Waals surface area contributed by atoms with E-state index in [0.29, 0.717) is 5.56 Å². The van der Waals surface area contributed by atoms with Crippen molar-refractivity contribution in [3.63, 3.8) is 0 Å². The van der Waals surface area contributed by atoms with Gasteiger partial charge in [-0.2, -0.15) is 10.2 Å². The van der Waals surface area contributed by atoms with E-state index >= 15 is 4.39 Å². The third-order valence-electron chi connectivity index (χ3n) is 5.00. The van der Waals surface area contributed by atoms with Crippen LogP contribution < -0.4 is 11.1 Å². The van der Waals surface area contributed by atoms with Crippen molar-refractivity contribution in [2.24, 2.45) is 0 Å². The van der Waals surface area contributed by atoms with Gasteiger partial charge in [-0.05, 0) is 30.7 Å². The summed E-state index contributed by atoms with van der Waals surface area (Å²) in [5, 5.41) is 10.6. The summed E-state index contributed by atoms with van der Waals surface area (Å²) >= 11 is 6.23. The molecule has 0 aliphatic rings. The van der Waals surface area contributed by atoms with E-state index in [1.807, 2.05) is 0 Å². The van der Waals surface area contributed by atoms with Gasteiger partial charge in [-0.25, -0.2) is 13.8 Å². The maximum atomic E-state index is 15.1. The van der Waals surface area contributed by atoms with E-state index in [1.165, 1.54) is 42.6 Å². The van der Waals surface area contributed by atoms with Gasteiger partial charge in [0.1, 0.15) is 11.6 Å². The van der Waals surface area contributed by atoms with Crippen molar-refractivity contribution in [1.29, 1.82) is 0 Å². The van der Waals surface area contributed by atoms with Crippen LogP contribution in [0.15, 0.2) is 49.1 Å². The van der Waals surface area contributed by atoms with E-state index in [-0.39, 0.29) is 39.0 Å². The number of ether oxygens (including phenoxy) is 1. The van der Waals surface area contributed by atoms with Gasteiger partial charge in [0.05, 0.1) is 58.5 Å². The Balaban J connectivity index is 1.69. The first-order chi connectivity index (χ1) is 16.3. The molecule has 0 fully saturated rings. The lowest BCUT2D eigenvalue weighted by Gasteiger charge is -2.18. The highest BCUT2D eigenvalue weighted by molar-refractivity contribution is 6.32. The fourth-order valence-corrected chi connectivity index (χ4v) is 3.52. The lowest BCUT2D eigenvalue weighted by Crippen LogP contribution is -2.16. The lowest BCUT2D eigenvalue weighted by molar-refractivity contribution is 0.102. The summed E-state index contributed by atoms with van der Waals surface area (Å²) in [6.07, 6.45) is 4.70. The maximum Gasteiger partial charge on any atom is 0.258 e. The molecule has 1 amide bonds. The smallest absolute Gasteiger partial charge is 0.258 e. The molecule has 174 valence electrons. The number of anilines is 2. The minimum Gasteiger partial charge on any atom is -0.397 e. The maximum absolute atomic E-state index is 15.1. The lowest BCUT2D eigenvalue weighted by atomic mass is 9.95. The van der Waals surface area contributed by atoms with Gasteiger partial charge in [0.25, 0.3) is 5.91 Å². The van der Waals surface area contributed by atoms with Crippen LogP contribution in [0.5, 0.6) is 0 Å². The first kappa shape index (κ1) is 23.2. The molecule has 0 radical (unpaired) electrons. The number of carbonyl (C=O) groups excluding carboxylic acids is 1. The Kier molecular flexibility index (Phi) is 6.48. The van der Waals surface area contributed by atoms with Crippen LogP contribution in [0.1, 0.15) is 28.9 Å². The molecule has 3 aromatic heterocycles. The molecule has 1 aromatic carbocycles. The molecule has 3 N–H and O–H groups in total. The van der Waals surface area contributed by atoms with Gasteiger partial charge < -0.3 is 15.8 Å². The third-order valence-corrected chi connectivity index (χ3v) is 5.28. The Labute approximate surface area is 197 Å². The van der Waals surface area contributed by atoms with Gasteiger partial charge in [-0.3, -0.25) is 9.78 Å². The Bertz CT molecular complexity index is 1370. The standard InChI is InChI=1S/C22H18ClF2N7O2/c1-11(34-2)14-7-16(18(25)8-15(14)20-19(26)5-12(24)9-27-20)22(33)31-13-6-17(23)21(28-10-13)32-29-3-4-30-32/h3-11H,26H2,1-2H3,(H,31,33). The van der Waals surface area contributed by atoms with Crippen LogP contribution in [0.3, 0.4) is 0 Å². The fourth-order valence-electron chi connectivity index (χ4n) is 3.28. The number of rotatable bonds is 6. The summed E-state index contributed by atoms with van der Waals surface area (Å²) in [6.45, 7) is 1.71. The van der Waals surface area contributed by atoms with Gasteiger partial charge >= 0.3 is 0 Å². The number of carbonyl (C=O) groups is 1. The minimum atomic E-state index is -0.832. The third kappa shape index (κ3) is 4.56. The van der Waals surface area contributed by atoms with E-state index in [4.69, 9.17) is 22.1 Å². The predicted molar refractivity (Wildman–Crippen MR) is 122 cm³/mol. The molecule has 3 heterocycles. The van der Waals surface area contributed by atoms with Crippen LogP contribution in [-0.2, 0) is 4.74 Å². The monoisotopic (exact) mass is 485 g/mol. The Morgan fingerprint density at radius 3 is 2.53 bits per heavy atom. The zero-order chi connectivity index (χ0) is 24.4. The molecule has 4 rings (SSSR count). The molecular formula is C22H18ClF2N7O2. The highest BCUT2D eigenvalue weighted by atomic mass is 35.5. The van der Waals surface area contributed by atoms with E-state index in [1.54, 1.807) is 6.92 Å². The van der Waals surface area contributed by atoms with Gasteiger partial charge in [-0.15, -0.1) is 4.80 Å². The SMILES string of the molecule is COC(C)c1cc(C(=O)Nc2cnc(-n3nccn3)c(Cl)c2)c(F)cc1-c1ncc(F)cc1N. The van der Waals surface area contributed by atoms with Crippen molar-refractivity contribution in [3.8, 4) is 17.1 Å². The van der Waals surface area contributed by atoms with E-state index in [2.05, 4.69) is 25.5 Å². The molecule has 1 atom stereocenters. The molecule has 0 aliphatic carbocycles. The number of benzene rings is 1. The van der Waals surface area contributed by atoms with Crippen molar-refractivity contribution in [2.75, 3.05) is 18.2 Å². The quantitative estimate of drug-likeness (QED) is 0.420. The number of pyridine rings is 2. The summed E-state index contributed by atoms with van der Waals surface area (Å²) in [5.74, 6) is -1.93. The topological polar surface area (TPSA) is 121 Å². The Morgan fingerprint density at radius 2 is 1.88 bits per heavy atom. The van der Waals surface area contributed by atoms with Crippen LogP contribution in [0.25, 0.3) is 17.1 Å². The number of nitrogen functional groups attached to an aromatic ring is 1. The average Bonchev–Trinajstić information content (AvgIpc) is 3.33. The zero-order valence-corrected chi connectivity index (χ0v) is 18.7. The highest BCUT2D eigenvalue weighted by Crippen LogP contribution is 2.34. The molecule has 34 heavy (non-hydrogen) atoms. The number of nitrogens with one attached hydrogen (secondary N) is 1. The number of halogens is 3.